The molecule has 0 aromatic heterocycles. The summed E-state index contributed by atoms with van der Waals surface area (Å²) >= 11 is 2.31. The predicted molar refractivity (Wildman–Crippen MR) is 82.9 cm³/mol. The van der Waals surface area contributed by atoms with Crippen molar-refractivity contribution in [2.45, 2.75) is 82.3 Å². The molecule has 17 heavy (non-hydrogen) atoms. The molecule has 1 nitrogen and oxygen atoms in total. The van der Waals surface area contributed by atoms with E-state index >= 15 is 0 Å². The summed E-state index contributed by atoms with van der Waals surface area (Å²) < 4.78 is 0. The Morgan fingerprint density at radius 1 is 1.00 bits per heavy atom. The van der Waals surface area contributed by atoms with Gasteiger partial charge >= 0.3 is 0 Å². The summed E-state index contributed by atoms with van der Waals surface area (Å²) in [5, 5.41) is 0.946. The minimum Gasteiger partial charge on any atom is -0.291 e. The third-order valence-electron chi connectivity index (χ3n) is 3.71. The van der Waals surface area contributed by atoms with E-state index in [1.54, 1.807) is 0 Å². The lowest BCUT2D eigenvalue weighted by molar-refractivity contribution is 0.453. The second-order valence-electron chi connectivity index (χ2n) is 6.56. The molecule has 0 aromatic rings. The maximum absolute atomic E-state index is 4.98. The summed E-state index contributed by atoms with van der Waals surface area (Å²) in [6.45, 7) is 7.42. The van der Waals surface area contributed by atoms with Crippen LogP contribution in [0.1, 0.15) is 51.4 Å². The molecule has 3 heteroatoms. The van der Waals surface area contributed by atoms with E-state index in [0.29, 0.717) is 6.04 Å². The van der Waals surface area contributed by atoms with Gasteiger partial charge in [-0.2, -0.15) is 11.2 Å². The molecule has 0 heterocycles. The van der Waals surface area contributed by atoms with Crippen LogP contribution in [0.3, 0.4) is 0 Å². The van der Waals surface area contributed by atoms with Crippen molar-refractivity contribution in [1.29, 1.82) is 0 Å². The molecule has 2 aliphatic carbocycles. The van der Waals surface area contributed by atoms with Crippen LogP contribution in [0.15, 0.2) is 4.99 Å². The van der Waals surface area contributed by atoms with Crippen LogP contribution in [0.25, 0.3) is 0 Å². The van der Waals surface area contributed by atoms with Crippen LogP contribution in [0.2, 0.25) is 19.6 Å². The minimum atomic E-state index is -0.922. The maximum atomic E-state index is 4.98. The first-order valence-electron chi connectivity index (χ1n) is 7.26. The van der Waals surface area contributed by atoms with Gasteiger partial charge in [0.15, 0.2) is 0 Å². The van der Waals surface area contributed by atoms with Crippen molar-refractivity contribution in [3.05, 3.63) is 0 Å². The maximum Gasteiger partial charge on any atom is 0.108 e. The Kier molecular flexibility index (Phi) is 4.76. The highest BCUT2D eigenvalue weighted by Gasteiger charge is 2.26. The van der Waals surface area contributed by atoms with Gasteiger partial charge in [0.05, 0.1) is 0 Å². The minimum absolute atomic E-state index is 0.682. The van der Waals surface area contributed by atoms with Gasteiger partial charge in [-0.3, -0.25) is 4.99 Å². The summed E-state index contributed by atoms with van der Waals surface area (Å²) in [5.41, 5.74) is 1.53. The van der Waals surface area contributed by atoms with Gasteiger partial charge in [0.25, 0.3) is 0 Å². The molecule has 0 N–H and O–H groups in total. The highest BCUT2D eigenvalue weighted by molar-refractivity contribution is 8.29. The number of aliphatic imine (C=N–C) groups is 1. The second kappa shape index (κ2) is 5.92. The summed E-state index contributed by atoms with van der Waals surface area (Å²) in [4.78, 5) is 4.98. The Balaban J connectivity index is 1.76. The molecule has 0 aromatic carbocycles. The lowest BCUT2D eigenvalue weighted by atomic mass is 9.95. The molecule has 2 rings (SSSR count). The van der Waals surface area contributed by atoms with Crippen LogP contribution < -0.4 is 0 Å². The van der Waals surface area contributed by atoms with E-state index in [-0.39, 0.29) is 0 Å². The summed E-state index contributed by atoms with van der Waals surface area (Å²) in [7, 11) is -0.922. The fraction of sp³-hybridized carbons (Fsp3) is 0.929. The van der Waals surface area contributed by atoms with Crippen LogP contribution in [0, 0.1) is 0 Å². The second-order valence-corrected chi connectivity index (χ2v) is 16.1. The van der Waals surface area contributed by atoms with Crippen molar-refractivity contribution in [3.8, 4) is 0 Å². The first-order valence-corrected chi connectivity index (χ1v) is 12.4. The van der Waals surface area contributed by atoms with Gasteiger partial charge in [-0.15, -0.1) is 0 Å². The Morgan fingerprint density at radius 3 is 2.12 bits per heavy atom. The van der Waals surface area contributed by atoms with Crippen LogP contribution in [0.4, 0.5) is 0 Å². The van der Waals surface area contributed by atoms with Crippen molar-refractivity contribution in [2.24, 2.45) is 4.99 Å². The highest BCUT2D eigenvalue weighted by atomic mass is 32.4. The van der Waals surface area contributed by atoms with Crippen LogP contribution in [0.5, 0.6) is 0 Å². The highest BCUT2D eigenvalue weighted by Crippen LogP contribution is 2.35. The molecule has 2 fully saturated rings. The molecular weight excluding hydrogens is 242 g/mol. The summed E-state index contributed by atoms with van der Waals surface area (Å²) in [6.07, 6.45) is 10.9. The van der Waals surface area contributed by atoms with Gasteiger partial charge in [-0.05, 0) is 56.6 Å². The fourth-order valence-corrected chi connectivity index (χ4v) is 8.18. The quantitative estimate of drug-likeness (QED) is 0.665. The van der Waals surface area contributed by atoms with Crippen LogP contribution >= 0.6 is 11.2 Å². The Bertz CT molecular complexity index is 266. The van der Waals surface area contributed by atoms with Gasteiger partial charge in [0, 0.05) is 11.8 Å². The smallest absolute Gasteiger partial charge is 0.108 e. The number of nitrogens with zero attached hydrogens (tertiary/aromatic N) is 1. The molecule has 0 bridgehead atoms. The van der Waals surface area contributed by atoms with Gasteiger partial charge in [0.2, 0.25) is 0 Å². The molecular formula is C14H27NSSi. The monoisotopic (exact) mass is 269 g/mol. The fourth-order valence-electron chi connectivity index (χ4n) is 2.96. The van der Waals surface area contributed by atoms with E-state index in [1.807, 2.05) is 0 Å². The molecule has 0 saturated heterocycles. The zero-order valence-electron chi connectivity index (χ0n) is 11.7. The lowest BCUT2D eigenvalue weighted by Gasteiger charge is -2.30. The molecule has 98 valence electrons. The molecule has 2 saturated carbocycles. The molecule has 0 aliphatic heterocycles. The van der Waals surface area contributed by atoms with E-state index in [9.17, 15) is 0 Å². The zero-order chi connectivity index (χ0) is 12.3. The van der Waals surface area contributed by atoms with E-state index in [1.165, 1.54) is 57.1 Å². The first kappa shape index (κ1) is 13.7. The largest absolute Gasteiger partial charge is 0.291 e. The van der Waals surface area contributed by atoms with Crippen molar-refractivity contribution in [2.75, 3.05) is 0 Å². The van der Waals surface area contributed by atoms with E-state index in [0.717, 1.165) is 5.25 Å². The SMILES string of the molecule is C[Si](C)(C)SC1CCC(N=C2CCCC2)CC1. The standard InChI is InChI=1S/C14H27NSSi/c1-17(2,3)16-14-10-8-13(9-11-14)15-12-6-4-5-7-12/h13-14H,4-11H2,1-3H3. The van der Waals surface area contributed by atoms with Gasteiger partial charge < -0.3 is 0 Å². The molecule has 2 aliphatic rings. The van der Waals surface area contributed by atoms with Crippen molar-refractivity contribution in [1.82, 2.24) is 0 Å². The molecule has 0 spiro atoms. The van der Waals surface area contributed by atoms with E-state index in [2.05, 4.69) is 30.9 Å². The summed E-state index contributed by atoms with van der Waals surface area (Å²) in [6, 6.07) is 0.682. The lowest BCUT2D eigenvalue weighted by Crippen LogP contribution is -2.26. The summed E-state index contributed by atoms with van der Waals surface area (Å²) in [5.74, 6) is 0. The number of rotatable bonds is 3. The molecule has 0 amide bonds. The average molecular weight is 270 g/mol. The normalized spacial score (nSPS) is 30.6. The Hall–Kier alpha value is 0.237. The van der Waals surface area contributed by atoms with Gasteiger partial charge in [-0.1, -0.05) is 19.6 Å². The zero-order valence-corrected chi connectivity index (χ0v) is 13.5. The van der Waals surface area contributed by atoms with E-state index < -0.39 is 7.22 Å². The van der Waals surface area contributed by atoms with Crippen molar-refractivity contribution in [3.63, 3.8) is 0 Å². The Labute approximate surface area is 112 Å². The van der Waals surface area contributed by atoms with Crippen LogP contribution in [-0.4, -0.2) is 24.2 Å². The predicted octanol–water partition coefficient (Wildman–Crippen LogP) is 4.88. The third kappa shape index (κ3) is 4.78. The van der Waals surface area contributed by atoms with Crippen molar-refractivity contribution >= 4 is 24.1 Å². The van der Waals surface area contributed by atoms with E-state index in [4.69, 9.17) is 4.99 Å². The Morgan fingerprint density at radius 2 is 1.59 bits per heavy atom. The third-order valence-corrected chi connectivity index (χ3v) is 8.34. The molecule has 0 atom stereocenters. The molecule has 0 radical (unpaired) electrons. The van der Waals surface area contributed by atoms with Gasteiger partial charge in [0.1, 0.15) is 7.22 Å². The average Bonchev–Trinajstić information content (AvgIpc) is 2.71. The topological polar surface area (TPSA) is 12.4 Å². The first-order chi connectivity index (χ1) is 8.03. The number of hydrogen-bond donors (Lipinski definition) is 0. The van der Waals surface area contributed by atoms with Crippen LogP contribution in [-0.2, 0) is 0 Å². The van der Waals surface area contributed by atoms with Crippen molar-refractivity contribution < 1.29 is 0 Å². The molecule has 0 unspecified atom stereocenters. The van der Waals surface area contributed by atoms with Gasteiger partial charge in [-0.25, -0.2) is 0 Å². The number of hydrogen-bond acceptors (Lipinski definition) is 2.